The Balaban J connectivity index is 1.90. The number of nitrogens with one attached hydrogen (secondary N) is 3. The lowest BCUT2D eigenvalue weighted by Crippen LogP contribution is -2.30. The highest BCUT2D eigenvalue weighted by Crippen LogP contribution is 2.11. The number of carbonyl (C=O) groups is 2. The Morgan fingerprint density at radius 3 is 2.43 bits per heavy atom. The van der Waals surface area contributed by atoms with Crippen LogP contribution in [-0.4, -0.2) is 40.7 Å². The molecule has 0 unspecified atom stereocenters. The molecule has 4 N–H and O–H groups in total. The second kappa shape index (κ2) is 11.2. The number of thiocarbonyl (C=S) groups is 1. The first-order chi connectivity index (χ1) is 11.0. The fraction of sp³-hybridized carbons (Fsp3) is 0.812. The van der Waals surface area contributed by atoms with Gasteiger partial charge in [0.05, 0.1) is 0 Å². The summed E-state index contributed by atoms with van der Waals surface area (Å²) in [4.78, 5) is 22.0. The molecule has 0 aromatic carbocycles. The standard InChI is InChI=1S/C16H29N3O3S/c1-12-13(19-16(23)18-12)8-4-2-5-9-14(20)17-11-7-3-6-10-15(21)22/h12-13H,2-11H2,1H3,(H,17,20)(H,21,22)(H2,18,19,23)/t12-,13+/m0/s1. The Hall–Kier alpha value is -1.37. The number of carboxylic acid groups (broad SMARTS) is 1. The van der Waals surface area contributed by atoms with Crippen LogP contribution in [0.1, 0.15) is 64.7 Å². The van der Waals surface area contributed by atoms with Crippen molar-refractivity contribution in [1.82, 2.24) is 16.0 Å². The molecule has 0 aromatic rings. The number of amides is 1. The number of carboxylic acids is 1. The number of hydrogen-bond donors (Lipinski definition) is 4. The number of unbranched alkanes of at least 4 members (excludes halogenated alkanes) is 4. The van der Waals surface area contributed by atoms with E-state index in [2.05, 4.69) is 22.9 Å². The highest BCUT2D eigenvalue weighted by atomic mass is 32.1. The highest BCUT2D eigenvalue weighted by Gasteiger charge is 2.24. The van der Waals surface area contributed by atoms with Gasteiger partial charge >= 0.3 is 5.97 Å². The maximum atomic E-state index is 11.7. The summed E-state index contributed by atoms with van der Waals surface area (Å²) in [5.74, 6) is -0.660. The molecule has 1 saturated heterocycles. The Morgan fingerprint density at radius 1 is 1.09 bits per heavy atom. The van der Waals surface area contributed by atoms with Crippen molar-refractivity contribution in [3.8, 4) is 0 Å². The Morgan fingerprint density at radius 2 is 1.78 bits per heavy atom. The van der Waals surface area contributed by atoms with Crippen LogP contribution in [0.3, 0.4) is 0 Å². The van der Waals surface area contributed by atoms with Crippen LogP contribution in [0, 0.1) is 0 Å². The van der Waals surface area contributed by atoms with Crippen LogP contribution in [0.25, 0.3) is 0 Å². The Bertz CT molecular complexity index is 404. The first-order valence-electron chi connectivity index (χ1n) is 8.54. The normalized spacial score (nSPS) is 20.0. The summed E-state index contributed by atoms with van der Waals surface area (Å²) in [6.07, 6.45) is 7.26. The third kappa shape index (κ3) is 9.38. The zero-order chi connectivity index (χ0) is 17.1. The minimum Gasteiger partial charge on any atom is -0.481 e. The van der Waals surface area contributed by atoms with Crippen molar-refractivity contribution >= 4 is 29.2 Å². The van der Waals surface area contributed by atoms with Crippen LogP contribution in [0.15, 0.2) is 0 Å². The second-order valence-corrected chi connectivity index (χ2v) is 6.57. The van der Waals surface area contributed by atoms with E-state index in [1.165, 1.54) is 0 Å². The van der Waals surface area contributed by atoms with Crippen LogP contribution >= 0.6 is 12.2 Å². The summed E-state index contributed by atoms with van der Waals surface area (Å²) in [6, 6.07) is 0.786. The van der Waals surface area contributed by atoms with Crippen LogP contribution in [-0.2, 0) is 9.59 Å². The SMILES string of the molecule is C[C@@H]1NC(=S)N[C@@H]1CCCCCC(=O)NCCCCCC(=O)O. The van der Waals surface area contributed by atoms with E-state index < -0.39 is 5.97 Å². The zero-order valence-corrected chi connectivity index (χ0v) is 14.7. The van der Waals surface area contributed by atoms with E-state index in [1.807, 2.05) is 0 Å². The first-order valence-corrected chi connectivity index (χ1v) is 8.95. The third-order valence-corrected chi connectivity index (χ3v) is 4.32. The summed E-state index contributed by atoms with van der Waals surface area (Å²) < 4.78 is 0. The van der Waals surface area contributed by atoms with Crippen LogP contribution < -0.4 is 16.0 Å². The van der Waals surface area contributed by atoms with Crippen LogP contribution in [0.2, 0.25) is 0 Å². The average molecular weight is 343 g/mol. The maximum Gasteiger partial charge on any atom is 0.303 e. The zero-order valence-electron chi connectivity index (χ0n) is 13.9. The van der Waals surface area contributed by atoms with Crippen molar-refractivity contribution in [2.24, 2.45) is 0 Å². The molecule has 0 spiro atoms. The van der Waals surface area contributed by atoms with Gasteiger partial charge in [-0.1, -0.05) is 19.3 Å². The molecule has 2 atom stereocenters. The molecule has 0 saturated carbocycles. The van der Waals surface area contributed by atoms with Gasteiger partial charge < -0.3 is 21.1 Å². The summed E-state index contributed by atoms with van der Waals surface area (Å²) in [5, 5.41) is 18.6. The number of rotatable bonds is 12. The quantitative estimate of drug-likeness (QED) is 0.320. The molecule has 1 heterocycles. The summed E-state index contributed by atoms with van der Waals surface area (Å²) in [5.41, 5.74) is 0. The van der Waals surface area contributed by atoms with Gasteiger partial charge in [-0.3, -0.25) is 9.59 Å². The van der Waals surface area contributed by atoms with E-state index in [1.54, 1.807) is 0 Å². The minimum atomic E-state index is -0.756. The summed E-state index contributed by atoms with van der Waals surface area (Å²) in [6.45, 7) is 2.77. The molecule has 23 heavy (non-hydrogen) atoms. The fourth-order valence-corrected chi connectivity index (χ4v) is 3.02. The van der Waals surface area contributed by atoms with Crippen molar-refractivity contribution in [2.75, 3.05) is 6.54 Å². The van der Waals surface area contributed by atoms with E-state index in [4.69, 9.17) is 17.3 Å². The number of aliphatic carboxylic acids is 1. The van der Waals surface area contributed by atoms with Gasteiger partial charge in [0.1, 0.15) is 0 Å². The average Bonchev–Trinajstić information content (AvgIpc) is 2.80. The van der Waals surface area contributed by atoms with Gasteiger partial charge in [0.2, 0.25) is 5.91 Å². The molecule has 1 amide bonds. The lowest BCUT2D eigenvalue weighted by atomic mass is 10.0. The molecule has 0 radical (unpaired) electrons. The van der Waals surface area contributed by atoms with E-state index in [0.717, 1.165) is 43.6 Å². The Labute approximate surface area is 143 Å². The smallest absolute Gasteiger partial charge is 0.303 e. The molecular weight excluding hydrogens is 314 g/mol. The van der Waals surface area contributed by atoms with Gasteiger partial charge in [-0.05, 0) is 44.8 Å². The van der Waals surface area contributed by atoms with Gasteiger partial charge in [0.25, 0.3) is 0 Å². The molecule has 1 aliphatic heterocycles. The second-order valence-electron chi connectivity index (χ2n) is 6.17. The molecule has 1 rings (SSSR count). The summed E-state index contributed by atoms with van der Waals surface area (Å²) >= 11 is 5.08. The Kier molecular flexibility index (Phi) is 9.59. The van der Waals surface area contributed by atoms with Gasteiger partial charge in [-0.2, -0.15) is 0 Å². The predicted molar refractivity (Wildman–Crippen MR) is 94.3 cm³/mol. The van der Waals surface area contributed by atoms with Crippen LogP contribution in [0.4, 0.5) is 0 Å². The highest BCUT2D eigenvalue weighted by molar-refractivity contribution is 7.80. The first kappa shape index (κ1) is 19.7. The number of carbonyl (C=O) groups excluding carboxylic acids is 1. The molecule has 1 aliphatic rings. The van der Waals surface area contributed by atoms with Crippen molar-refractivity contribution in [1.29, 1.82) is 0 Å². The van der Waals surface area contributed by atoms with Crippen LogP contribution in [0.5, 0.6) is 0 Å². The molecule has 132 valence electrons. The van der Waals surface area contributed by atoms with Crippen molar-refractivity contribution < 1.29 is 14.7 Å². The van der Waals surface area contributed by atoms with Gasteiger partial charge in [0, 0.05) is 31.5 Å². The molecule has 0 aliphatic carbocycles. The lowest BCUT2D eigenvalue weighted by molar-refractivity contribution is -0.137. The van der Waals surface area contributed by atoms with Gasteiger partial charge in [-0.15, -0.1) is 0 Å². The van der Waals surface area contributed by atoms with Crippen molar-refractivity contribution in [3.63, 3.8) is 0 Å². The fourth-order valence-electron chi connectivity index (χ4n) is 2.69. The topological polar surface area (TPSA) is 90.5 Å². The van der Waals surface area contributed by atoms with E-state index in [-0.39, 0.29) is 12.3 Å². The largest absolute Gasteiger partial charge is 0.481 e. The molecule has 7 heteroatoms. The predicted octanol–water partition coefficient (Wildman–Crippen LogP) is 1.93. The lowest BCUT2D eigenvalue weighted by Gasteiger charge is -2.13. The van der Waals surface area contributed by atoms with E-state index in [9.17, 15) is 9.59 Å². The minimum absolute atomic E-state index is 0.0958. The van der Waals surface area contributed by atoms with Gasteiger partial charge in [-0.25, -0.2) is 0 Å². The molecule has 1 fully saturated rings. The van der Waals surface area contributed by atoms with E-state index >= 15 is 0 Å². The monoisotopic (exact) mass is 343 g/mol. The van der Waals surface area contributed by atoms with Crippen molar-refractivity contribution in [3.05, 3.63) is 0 Å². The molecular formula is C16H29N3O3S. The number of hydrogen-bond acceptors (Lipinski definition) is 3. The van der Waals surface area contributed by atoms with E-state index in [0.29, 0.717) is 31.5 Å². The molecule has 0 bridgehead atoms. The van der Waals surface area contributed by atoms with Crippen molar-refractivity contribution in [2.45, 2.75) is 76.8 Å². The third-order valence-electron chi connectivity index (χ3n) is 4.09. The molecule has 0 aromatic heterocycles. The molecule has 6 nitrogen and oxygen atoms in total. The summed E-state index contributed by atoms with van der Waals surface area (Å²) in [7, 11) is 0. The maximum absolute atomic E-state index is 11.7. The van der Waals surface area contributed by atoms with Gasteiger partial charge in [0.15, 0.2) is 5.11 Å².